The molecular formula is C14H18FN3O3. The summed E-state index contributed by atoms with van der Waals surface area (Å²) in [6.45, 7) is 2.36. The fraction of sp³-hybridized carbons (Fsp3) is 0.429. The highest BCUT2D eigenvalue weighted by atomic mass is 19.1. The van der Waals surface area contributed by atoms with E-state index in [0.717, 1.165) is 6.07 Å². The van der Waals surface area contributed by atoms with Crippen LogP contribution in [0.2, 0.25) is 0 Å². The molecule has 1 saturated heterocycles. The monoisotopic (exact) mass is 295 g/mol. The molecule has 6 nitrogen and oxygen atoms in total. The van der Waals surface area contributed by atoms with Crippen molar-refractivity contribution in [2.75, 3.05) is 45.6 Å². The molecule has 0 radical (unpaired) electrons. The Bertz CT molecular complexity index is 542. The summed E-state index contributed by atoms with van der Waals surface area (Å²) in [5.41, 5.74) is 5.70. The fourth-order valence-corrected chi connectivity index (χ4v) is 2.20. The second-order valence-corrected chi connectivity index (χ2v) is 4.88. The molecule has 0 aliphatic carbocycles. The maximum absolute atomic E-state index is 13.4. The van der Waals surface area contributed by atoms with Crippen molar-refractivity contribution >= 4 is 17.6 Å². The number of nitrogen functional groups attached to an aromatic ring is 1. The minimum absolute atomic E-state index is 0.0226. The van der Waals surface area contributed by atoms with Crippen LogP contribution in [0.15, 0.2) is 18.2 Å². The molecule has 0 aromatic heterocycles. The van der Waals surface area contributed by atoms with Crippen molar-refractivity contribution in [2.45, 2.75) is 0 Å². The number of anilines is 1. The van der Waals surface area contributed by atoms with E-state index in [1.54, 1.807) is 4.90 Å². The van der Waals surface area contributed by atoms with Crippen molar-refractivity contribution in [3.05, 3.63) is 29.6 Å². The third-order valence-electron chi connectivity index (χ3n) is 3.49. The molecule has 1 aliphatic heterocycles. The minimum atomic E-state index is -0.592. The van der Waals surface area contributed by atoms with Gasteiger partial charge in [-0.25, -0.2) is 4.39 Å². The molecule has 21 heavy (non-hydrogen) atoms. The number of piperazine rings is 1. The van der Waals surface area contributed by atoms with E-state index in [4.69, 9.17) is 5.73 Å². The van der Waals surface area contributed by atoms with Crippen molar-refractivity contribution in [3.63, 3.8) is 0 Å². The molecule has 2 rings (SSSR count). The second-order valence-electron chi connectivity index (χ2n) is 4.88. The Morgan fingerprint density at radius 1 is 1.29 bits per heavy atom. The molecule has 1 heterocycles. The van der Waals surface area contributed by atoms with E-state index in [0.29, 0.717) is 26.2 Å². The SMILES string of the molecule is COC(=O)CN1CCN(C(=O)c2ccc(N)c(F)c2)CC1. The van der Waals surface area contributed by atoms with E-state index in [9.17, 15) is 14.0 Å². The van der Waals surface area contributed by atoms with Crippen LogP contribution in [0.5, 0.6) is 0 Å². The Balaban J connectivity index is 1.93. The van der Waals surface area contributed by atoms with Gasteiger partial charge >= 0.3 is 5.97 Å². The van der Waals surface area contributed by atoms with E-state index in [2.05, 4.69) is 4.74 Å². The molecule has 0 unspecified atom stereocenters. The summed E-state index contributed by atoms with van der Waals surface area (Å²) in [4.78, 5) is 27.0. The van der Waals surface area contributed by atoms with Crippen molar-refractivity contribution < 1.29 is 18.7 Å². The van der Waals surface area contributed by atoms with Crippen LogP contribution in [-0.4, -0.2) is 61.5 Å². The van der Waals surface area contributed by atoms with Crippen LogP contribution in [0, 0.1) is 5.82 Å². The number of nitrogens with two attached hydrogens (primary N) is 1. The number of hydrogen-bond donors (Lipinski definition) is 1. The van der Waals surface area contributed by atoms with E-state index in [-0.39, 0.29) is 29.7 Å². The molecule has 1 amide bonds. The average molecular weight is 295 g/mol. The van der Waals surface area contributed by atoms with Crippen molar-refractivity contribution in [2.24, 2.45) is 0 Å². The summed E-state index contributed by atoms with van der Waals surface area (Å²) in [6.07, 6.45) is 0. The summed E-state index contributed by atoms with van der Waals surface area (Å²) in [5.74, 6) is -1.12. The number of hydrogen-bond acceptors (Lipinski definition) is 5. The normalized spacial score (nSPS) is 15.8. The summed E-state index contributed by atoms with van der Waals surface area (Å²) < 4.78 is 18.0. The van der Waals surface area contributed by atoms with Gasteiger partial charge < -0.3 is 15.4 Å². The van der Waals surface area contributed by atoms with Gasteiger partial charge in [-0.2, -0.15) is 0 Å². The lowest BCUT2D eigenvalue weighted by atomic mass is 10.1. The summed E-state index contributed by atoms with van der Waals surface area (Å²) in [6, 6.07) is 4.05. The van der Waals surface area contributed by atoms with Gasteiger partial charge in [0, 0.05) is 31.7 Å². The summed E-state index contributed by atoms with van der Waals surface area (Å²) in [5, 5.41) is 0. The Morgan fingerprint density at radius 2 is 1.95 bits per heavy atom. The number of ether oxygens (including phenoxy) is 1. The van der Waals surface area contributed by atoms with Gasteiger partial charge in [-0.3, -0.25) is 14.5 Å². The summed E-state index contributed by atoms with van der Waals surface area (Å²) >= 11 is 0. The summed E-state index contributed by atoms with van der Waals surface area (Å²) in [7, 11) is 1.35. The second kappa shape index (κ2) is 6.53. The fourth-order valence-electron chi connectivity index (χ4n) is 2.20. The molecule has 0 bridgehead atoms. The van der Waals surface area contributed by atoms with E-state index >= 15 is 0 Å². The largest absolute Gasteiger partial charge is 0.468 e. The minimum Gasteiger partial charge on any atom is -0.468 e. The Hall–Kier alpha value is -2.15. The quantitative estimate of drug-likeness (QED) is 0.643. The number of carbonyl (C=O) groups is 2. The number of rotatable bonds is 3. The molecule has 0 spiro atoms. The predicted octanol–water partition coefficient (Wildman–Crippen LogP) is 0.339. The third-order valence-corrected chi connectivity index (χ3v) is 3.49. The van der Waals surface area contributed by atoms with Crippen molar-refractivity contribution in [3.8, 4) is 0 Å². The van der Waals surface area contributed by atoms with E-state index in [1.807, 2.05) is 4.90 Å². The molecule has 1 aliphatic rings. The van der Waals surface area contributed by atoms with Crippen molar-refractivity contribution in [1.82, 2.24) is 9.80 Å². The highest BCUT2D eigenvalue weighted by Gasteiger charge is 2.23. The van der Waals surface area contributed by atoms with Gasteiger partial charge in [0.2, 0.25) is 0 Å². The van der Waals surface area contributed by atoms with Gasteiger partial charge in [0.15, 0.2) is 0 Å². The standard InChI is InChI=1S/C14H18FN3O3/c1-21-13(19)9-17-4-6-18(7-5-17)14(20)10-2-3-12(16)11(15)8-10/h2-3,8H,4-7,9,16H2,1H3. The van der Waals surface area contributed by atoms with E-state index in [1.165, 1.54) is 19.2 Å². The zero-order chi connectivity index (χ0) is 15.4. The van der Waals surface area contributed by atoms with Crippen LogP contribution in [0.4, 0.5) is 10.1 Å². The lowest BCUT2D eigenvalue weighted by Gasteiger charge is -2.34. The number of esters is 1. The van der Waals surface area contributed by atoms with Crippen LogP contribution >= 0.6 is 0 Å². The first-order valence-corrected chi connectivity index (χ1v) is 6.64. The number of benzene rings is 1. The molecule has 0 atom stereocenters. The van der Waals surface area contributed by atoms with Gasteiger partial charge in [-0.1, -0.05) is 0 Å². The third kappa shape index (κ3) is 3.69. The van der Waals surface area contributed by atoms with Gasteiger partial charge in [0.25, 0.3) is 5.91 Å². The molecule has 1 aromatic carbocycles. The predicted molar refractivity (Wildman–Crippen MR) is 75.2 cm³/mol. The first-order chi connectivity index (χ1) is 10.0. The molecule has 114 valence electrons. The van der Waals surface area contributed by atoms with Crippen LogP contribution in [0.3, 0.4) is 0 Å². The zero-order valence-electron chi connectivity index (χ0n) is 11.8. The Morgan fingerprint density at radius 3 is 2.52 bits per heavy atom. The Labute approximate surface area is 122 Å². The topological polar surface area (TPSA) is 75.9 Å². The van der Waals surface area contributed by atoms with Gasteiger partial charge in [0.1, 0.15) is 5.82 Å². The zero-order valence-corrected chi connectivity index (χ0v) is 11.8. The molecule has 1 aromatic rings. The molecule has 2 N–H and O–H groups in total. The Kier molecular flexibility index (Phi) is 4.74. The van der Waals surface area contributed by atoms with Crippen LogP contribution in [0.25, 0.3) is 0 Å². The van der Waals surface area contributed by atoms with Gasteiger partial charge in [-0.05, 0) is 18.2 Å². The number of nitrogens with zero attached hydrogens (tertiary/aromatic N) is 2. The number of halogens is 1. The smallest absolute Gasteiger partial charge is 0.319 e. The van der Waals surface area contributed by atoms with E-state index < -0.39 is 5.82 Å². The maximum Gasteiger partial charge on any atom is 0.319 e. The molecular weight excluding hydrogens is 277 g/mol. The highest BCUT2D eigenvalue weighted by Crippen LogP contribution is 2.15. The first-order valence-electron chi connectivity index (χ1n) is 6.64. The van der Waals surface area contributed by atoms with Crippen LogP contribution in [-0.2, 0) is 9.53 Å². The molecule has 7 heteroatoms. The molecule has 0 saturated carbocycles. The van der Waals surface area contributed by atoms with Crippen molar-refractivity contribution in [1.29, 1.82) is 0 Å². The number of methoxy groups -OCH3 is 1. The lowest BCUT2D eigenvalue weighted by molar-refractivity contribution is -0.142. The average Bonchev–Trinajstić information content (AvgIpc) is 2.50. The van der Waals surface area contributed by atoms with Gasteiger partial charge in [0.05, 0.1) is 19.3 Å². The lowest BCUT2D eigenvalue weighted by Crippen LogP contribution is -2.50. The highest BCUT2D eigenvalue weighted by molar-refractivity contribution is 5.94. The van der Waals surface area contributed by atoms with Crippen LogP contribution in [0.1, 0.15) is 10.4 Å². The first kappa shape index (κ1) is 15.2. The molecule has 1 fully saturated rings. The number of amides is 1. The maximum atomic E-state index is 13.4. The van der Waals surface area contributed by atoms with Crippen LogP contribution < -0.4 is 5.73 Å². The van der Waals surface area contributed by atoms with Gasteiger partial charge in [-0.15, -0.1) is 0 Å². The number of carbonyl (C=O) groups excluding carboxylic acids is 2.